The third kappa shape index (κ3) is 5.13. The number of carbonyl (C=O) groups excluding carboxylic acids is 1. The summed E-state index contributed by atoms with van der Waals surface area (Å²) in [7, 11) is 0. The van der Waals surface area contributed by atoms with Gasteiger partial charge in [-0.1, -0.05) is 24.3 Å². The molecule has 1 amide bonds. The van der Waals surface area contributed by atoms with E-state index in [1.165, 1.54) is 4.68 Å². The van der Waals surface area contributed by atoms with Crippen LogP contribution >= 0.6 is 0 Å². The van der Waals surface area contributed by atoms with Gasteiger partial charge in [-0.05, 0) is 44.0 Å². The van der Waals surface area contributed by atoms with Crippen LogP contribution in [0.15, 0.2) is 53.5 Å². The van der Waals surface area contributed by atoms with Gasteiger partial charge in [0.25, 0.3) is 5.56 Å². The molecule has 1 heterocycles. The predicted molar refractivity (Wildman–Crippen MR) is 111 cm³/mol. The molecule has 0 aliphatic heterocycles. The number of amides is 1. The molecule has 0 saturated carbocycles. The van der Waals surface area contributed by atoms with Crippen molar-refractivity contribution in [1.82, 2.24) is 15.1 Å². The van der Waals surface area contributed by atoms with E-state index < -0.39 is 0 Å². The minimum absolute atomic E-state index is 0.114. The van der Waals surface area contributed by atoms with Crippen LogP contribution in [0.1, 0.15) is 19.4 Å². The monoisotopic (exact) mass is 395 g/mol. The van der Waals surface area contributed by atoms with Crippen molar-refractivity contribution in [2.45, 2.75) is 26.8 Å². The molecular formula is C22H25N3O4. The van der Waals surface area contributed by atoms with Crippen molar-refractivity contribution in [3.05, 3.63) is 64.6 Å². The Morgan fingerprint density at radius 1 is 1.07 bits per heavy atom. The Morgan fingerprint density at radius 3 is 2.62 bits per heavy atom. The highest BCUT2D eigenvalue weighted by Crippen LogP contribution is 2.28. The Hall–Kier alpha value is -3.35. The first-order valence-corrected chi connectivity index (χ1v) is 9.72. The van der Waals surface area contributed by atoms with Crippen LogP contribution in [0, 0.1) is 0 Å². The summed E-state index contributed by atoms with van der Waals surface area (Å²) in [5.74, 6) is 1.15. The van der Waals surface area contributed by atoms with E-state index in [0.717, 1.165) is 10.9 Å². The maximum absolute atomic E-state index is 12.4. The number of hydrogen-bond acceptors (Lipinski definition) is 5. The van der Waals surface area contributed by atoms with Crippen molar-refractivity contribution in [2.75, 3.05) is 19.8 Å². The number of nitrogens with zero attached hydrogens (tertiary/aromatic N) is 2. The fourth-order valence-corrected chi connectivity index (χ4v) is 3.03. The fourth-order valence-electron chi connectivity index (χ4n) is 3.03. The molecule has 3 rings (SSSR count). The van der Waals surface area contributed by atoms with E-state index in [4.69, 9.17) is 9.47 Å². The third-order valence-corrected chi connectivity index (χ3v) is 4.40. The van der Waals surface area contributed by atoms with E-state index in [-0.39, 0.29) is 18.0 Å². The van der Waals surface area contributed by atoms with Crippen LogP contribution in [0.2, 0.25) is 0 Å². The Bertz CT molecular complexity index is 1050. The second kappa shape index (κ2) is 9.73. The normalized spacial score (nSPS) is 10.7. The molecule has 0 bridgehead atoms. The first-order chi connectivity index (χ1) is 14.1. The van der Waals surface area contributed by atoms with Gasteiger partial charge >= 0.3 is 0 Å². The van der Waals surface area contributed by atoms with E-state index in [2.05, 4.69) is 10.4 Å². The minimum atomic E-state index is -0.272. The van der Waals surface area contributed by atoms with Gasteiger partial charge in [0.15, 0.2) is 11.5 Å². The van der Waals surface area contributed by atoms with Crippen molar-refractivity contribution >= 4 is 16.7 Å². The molecule has 152 valence electrons. The number of ether oxygens (including phenoxy) is 2. The van der Waals surface area contributed by atoms with Crippen molar-refractivity contribution in [1.29, 1.82) is 0 Å². The van der Waals surface area contributed by atoms with Crippen LogP contribution in [0.4, 0.5) is 0 Å². The van der Waals surface area contributed by atoms with Gasteiger partial charge in [0.05, 0.1) is 24.8 Å². The summed E-state index contributed by atoms with van der Waals surface area (Å²) in [6.07, 6.45) is 2.23. The Morgan fingerprint density at radius 2 is 1.83 bits per heavy atom. The van der Waals surface area contributed by atoms with E-state index >= 15 is 0 Å². The highest BCUT2D eigenvalue weighted by Gasteiger charge is 2.09. The van der Waals surface area contributed by atoms with Crippen LogP contribution in [-0.4, -0.2) is 35.4 Å². The topological polar surface area (TPSA) is 82.5 Å². The van der Waals surface area contributed by atoms with Gasteiger partial charge in [-0.2, -0.15) is 5.10 Å². The second-order valence-electron chi connectivity index (χ2n) is 6.44. The molecule has 29 heavy (non-hydrogen) atoms. The summed E-state index contributed by atoms with van der Waals surface area (Å²) in [4.78, 5) is 24.7. The molecule has 2 aromatic carbocycles. The number of hydrogen-bond donors (Lipinski definition) is 1. The average Bonchev–Trinajstić information content (AvgIpc) is 2.72. The number of nitrogens with one attached hydrogen (secondary N) is 1. The zero-order valence-electron chi connectivity index (χ0n) is 16.7. The molecule has 0 spiro atoms. The maximum Gasteiger partial charge on any atom is 0.275 e. The van der Waals surface area contributed by atoms with E-state index in [1.807, 2.05) is 44.2 Å². The molecule has 1 N–H and O–H groups in total. The summed E-state index contributed by atoms with van der Waals surface area (Å²) in [5.41, 5.74) is 0.754. The molecular weight excluding hydrogens is 370 g/mol. The average molecular weight is 395 g/mol. The minimum Gasteiger partial charge on any atom is -0.490 e. The lowest BCUT2D eigenvalue weighted by Crippen LogP contribution is -2.34. The van der Waals surface area contributed by atoms with E-state index in [9.17, 15) is 9.59 Å². The van der Waals surface area contributed by atoms with Crippen LogP contribution in [0.3, 0.4) is 0 Å². The molecule has 7 nitrogen and oxygen atoms in total. The second-order valence-corrected chi connectivity index (χ2v) is 6.44. The lowest BCUT2D eigenvalue weighted by molar-refractivity contribution is -0.121. The zero-order valence-corrected chi connectivity index (χ0v) is 16.7. The van der Waals surface area contributed by atoms with Gasteiger partial charge in [-0.25, -0.2) is 4.68 Å². The van der Waals surface area contributed by atoms with Crippen LogP contribution in [-0.2, 0) is 17.8 Å². The first-order valence-electron chi connectivity index (χ1n) is 9.72. The first kappa shape index (κ1) is 20.4. The largest absolute Gasteiger partial charge is 0.490 e. The Labute approximate surface area is 169 Å². The fraction of sp³-hybridized carbons (Fsp3) is 0.318. The predicted octanol–water partition coefficient (Wildman–Crippen LogP) is 2.55. The van der Waals surface area contributed by atoms with Crippen molar-refractivity contribution in [2.24, 2.45) is 0 Å². The van der Waals surface area contributed by atoms with Crippen molar-refractivity contribution in [3.63, 3.8) is 0 Å². The highest BCUT2D eigenvalue weighted by atomic mass is 16.5. The lowest BCUT2D eigenvalue weighted by atomic mass is 10.1. The van der Waals surface area contributed by atoms with Gasteiger partial charge in [-0.3, -0.25) is 9.59 Å². The Kier molecular flexibility index (Phi) is 6.84. The summed E-state index contributed by atoms with van der Waals surface area (Å²) in [5, 5.41) is 8.23. The van der Waals surface area contributed by atoms with Crippen LogP contribution in [0.5, 0.6) is 11.5 Å². The quantitative estimate of drug-likeness (QED) is 0.602. The maximum atomic E-state index is 12.4. The van der Waals surface area contributed by atoms with Crippen LogP contribution < -0.4 is 20.3 Å². The number of carbonyl (C=O) groups is 1. The van der Waals surface area contributed by atoms with Crippen LogP contribution in [0.25, 0.3) is 10.8 Å². The molecule has 0 saturated heterocycles. The SMILES string of the molecule is CCOc1ccc(CCNC(=O)Cn2ncc3ccccc3c2=O)cc1OCC. The molecule has 0 aliphatic rings. The molecule has 0 aliphatic carbocycles. The van der Waals surface area contributed by atoms with Crippen molar-refractivity contribution in [3.8, 4) is 11.5 Å². The van der Waals surface area contributed by atoms with Gasteiger partial charge in [-0.15, -0.1) is 0 Å². The molecule has 1 aromatic heterocycles. The Balaban J connectivity index is 1.58. The van der Waals surface area contributed by atoms with E-state index in [1.54, 1.807) is 18.3 Å². The summed E-state index contributed by atoms with van der Waals surface area (Å²) in [6, 6.07) is 13.0. The molecule has 0 unspecified atom stereocenters. The molecule has 0 radical (unpaired) electrons. The smallest absolute Gasteiger partial charge is 0.275 e. The summed E-state index contributed by atoms with van der Waals surface area (Å²) >= 11 is 0. The summed E-state index contributed by atoms with van der Waals surface area (Å²) < 4.78 is 12.4. The zero-order chi connectivity index (χ0) is 20.6. The summed E-state index contributed by atoms with van der Waals surface area (Å²) in [6.45, 7) is 5.30. The van der Waals surface area contributed by atoms with Gasteiger partial charge in [0.1, 0.15) is 6.54 Å². The standard InChI is InChI=1S/C22H25N3O4/c1-3-28-19-10-9-16(13-20(19)29-4-2)11-12-23-21(26)15-25-22(27)18-8-6-5-7-17(18)14-24-25/h5-10,13-14H,3-4,11-12,15H2,1-2H3,(H,23,26). The van der Waals surface area contributed by atoms with Gasteiger partial charge < -0.3 is 14.8 Å². The van der Waals surface area contributed by atoms with Crippen molar-refractivity contribution < 1.29 is 14.3 Å². The molecule has 0 atom stereocenters. The highest BCUT2D eigenvalue weighted by molar-refractivity contribution is 5.81. The molecule has 7 heteroatoms. The lowest BCUT2D eigenvalue weighted by Gasteiger charge is -2.13. The third-order valence-electron chi connectivity index (χ3n) is 4.40. The van der Waals surface area contributed by atoms with E-state index in [0.29, 0.717) is 43.1 Å². The van der Waals surface area contributed by atoms with Gasteiger partial charge in [0, 0.05) is 11.9 Å². The molecule has 0 fully saturated rings. The molecule has 3 aromatic rings. The number of benzene rings is 2. The number of rotatable bonds is 9. The number of aromatic nitrogens is 2. The number of fused-ring (bicyclic) bond motifs is 1. The van der Waals surface area contributed by atoms with Gasteiger partial charge in [0.2, 0.25) is 5.91 Å².